The van der Waals surface area contributed by atoms with Crippen molar-refractivity contribution >= 4 is 46.4 Å². The molecule has 2 rings (SSSR count). The molecule has 5 nitrogen and oxygen atoms in total. The van der Waals surface area contributed by atoms with E-state index in [1.807, 2.05) is 0 Å². The number of carbonyl (C=O) groups is 1. The largest absolute Gasteiger partial charge is 0.471 e. The van der Waals surface area contributed by atoms with E-state index in [1.165, 1.54) is 18.2 Å². The molecular weight excluding hydrogens is 396 g/mol. The molecule has 0 fully saturated rings. The van der Waals surface area contributed by atoms with Gasteiger partial charge in [0.1, 0.15) is 0 Å². The van der Waals surface area contributed by atoms with E-state index in [0.29, 0.717) is 16.0 Å². The first kappa shape index (κ1) is 19.1. The van der Waals surface area contributed by atoms with Crippen LogP contribution >= 0.6 is 34.8 Å². The van der Waals surface area contributed by atoms with E-state index in [-0.39, 0.29) is 18.7 Å². The van der Waals surface area contributed by atoms with Gasteiger partial charge in [-0.05, 0) is 17.5 Å². The Labute approximate surface area is 149 Å². The molecule has 0 spiro atoms. The van der Waals surface area contributed by atoms with E-state index in [4.69, 9.17) is 34.8 Å². The number of hydrogen-bond acceptors (Lipinski definition) is 3. The third-order valence-electron chi connectivity index (χ3n) is 3.69. The number of alkyl halides is 6. The summed E-state index contributed by atoms with van der Waals surface area (Å²) >= 11 is 17.6. The van der Waals surface area contributed by atoms with Crippen molar-refractivity contribution in [1.82, 2.24) is 4.90 Å². The van der Waals surface area contributed by atoms with Crippen LogP contribution in [0, 0.1) is 10.1 Å². The number of fused-ring (bicyclic) bond motifs is 1. The zero-order valence-corrected chi connectivity index (χ0v) is 14.1. The van der Waals surface area contributed by atoms with E-state index in [0.717, 1.165) is 0 Å². The monoisotopic (exact) mass is 404 g/mol. The fourth-order valence-corrected chi connectivity index (χ4v) is 3.13. The summed E-state index contributed by atoms with van der Waals surface area (Å²) in [5, 5.41) is 10.9. The van der Waals surface area contributed by atoms with E-state index >= 15 is 0 Å². The SMILES string of the molecule is O=C(N1CCc2cc([N+](=O)[O-])ccc2C(C(Cl)(Cl)Cl)C1)C(F)(F)F. The summed E-state index contributed by atoms with van der Waals surface area (Å²) in [5.74, 6) is -3.09. The van der Waals surface area contributed by atoms with Crippen molar-refractivity contribution in [3.63, 3.8) is 0 Å². The number of rotatable bonds is 1. The van der Waals surface area contributed by atoms with Gasteiger partial charge in [0, 0.05) is 31.1 Å². The fraction of sp³-hybridized carbons (Fsp3) is 0.462. The third kappa shape index (κ3) is 4.04. The van der Waals surface area contributed by atoms with Gasteiger partial charge in [0.05, 0.1) is 4.92 Å². The average molecular weight is 406 g/mol. The Morgan fingerprint density at radius 2 is 1.92 bits per heavy atom. The molecule has 0 saturated heterocycles. The Bertz CT molecular complexity index is 677. The number of halogens is 6. The molecule has 0 bridgehead atoms. The molecular formula is C13H10Cl3F3N2O3. The minimum atomic E-state index is -5.05. The van der Waals surface area contributed by atoms with Crippen LogP contribution in [-0.2, 0) is 11.2 Å². The highest BCUT2D eigenvalue weighted by Crippen LogP contribution is 2.45. The predicted molar refractivity (Wildman–Crippen MR) is 82.5 cm³/mol. The number of benzene rings is 1. The zero-order chi connectivity index (χ0) is 18.3. The number of nitrogens with zero attached hydrogens (tertiary/aromatic N) is 2. The Balaban J connectivity index is 2.46. The first-order valence-electron chi connectivity index (χ1n) is 6.61. The molecule has 0 aliphatic carbocycles. The van der Waals surface area contributed by atoms with Gasteiger partial charge in [0.25, 0.3) is 5.69 Å². The Hall–Kier alpha value is -1.25. The van der Waals surface area contributed by atoms with Gasteiger partial charge < -0.3 is 4.90 Å². The maximum Gasteiger partial charge on any atom is 0.471 e. The van der Waals surface area contributed by atoms with Gasteiger partial charge in [-0.2, -0.15) is 13.2 Å². The van der Waals surface area contributed by atoms with Crippen molar-refractivity contribution in [2.75, 3.05) is 13.1 Å². The lowest BCUT2D eigenvalue weighted by molar-refractivity contribution is -0.384. The van der Waals surface area contributed by atoms with E-state index in [1.54, 1.807) is 0 Å². The zero-order valence-electron chi connectivity index (χ0n) is 11.8. The maximum absolute atomic E-state index is 12.7. The Morgan fingerprint density at radius 3 is 2.42 bits per heavy atom. The fourth-order valence-electron chi connectivity index (χ4n) is 2.57. The lowest BCUT2D eigenvalue weighted by Crippen LogP contribution is -2.44. The van der Waals surface area contributed by atoms with Crippen LogP contribution in [0.1, 0.15) is 17.0 Å². The second kappa shape index (κ2) is 6.57. The van der Waals surface area contributed by atoms with Crippen LogP contribution in [0.25, 0.3) is 0 Å². The molecule has 24 heavy (non-hydrogen) atoms. The molecule has 0 saturated carbocycles. The highest BCUT2D eigenvalue weighted by Gasteiger charge is 2.46. The lowest BCUT2D eigenvalue weighted by Gasteiger charge is -2.29. The summed E-state index contributed by atoms with van der Waals surface area (Å²) in [4.78, 5) is 22.3. The van der Waals surface area contributed by atoms with Gasteiger partial charge >= 0.3 is 12.1 Å². The molecule has 1 aliphatic heterocycles. The van der Waals surface area contributed by atoms with E-state index in [9.17, 15) is 28.1 Å². The van der Waals surface area contributed by atoms with Crippen molar-refractivity contribution in [2.24, 2.45) is 0 Å². The number of non-ortho nitro benzene ring substituents is 1. The number of carbonyl (C=O) groups excluding carboxylic acids is 1. The van der Waals surface area contributed by atoms with Crippen molar-refractivity contribution < 1.29 is 22.9 Å². The number of hydrogen-bond donors (Lipinski definition) is 0. The Kier molecular flexibility index (Phi) is 5.22. The molecule has 1 atom stereocenters. The predicted octanol–water partition coefficient (Wildman–Crippen LogP) is 4.00. The van der Waals surface area contributed by atoms with Gasteiger partial charge in [0.15, 0.2) is 3.79 Å². The van der Waals surface area contributed by atoms with Gasteiger partial charge in [0.2, 0.25) is 0 Å². The molecule has 132 valence electrons. The molecule has 1 amide bonds. The smallest absolute Gasteiger partial charge is 0.334 e. The second-order valence-electron chi connectivity index (χ2n) is 5.23. The quantitative estimate of drug-likeness (QED) is 0.403. The van der Waals surface area contributed by atoms with Crippen LogP contribution in [0.15, 0.2) is 18.2 Å². The van der Waals surface area contributed by atoms with Crippen LogP contribution in [0.3, 0.4) is 0 Å². The second-order valence-corrected chi connectivity index (χ2v) is 7.60. The van der Waals surface area contributed by atoms with Gasteiger partial charge in [-0.25, -0.2) is 0 Å². The van der Waals surface area contributed by atoms with Crippen molar-refractivity contribution in [3.8, 4) is 0 Å². The Morgan fingerprint density at radius 1 is 1.29 bits per heavy atom. The first-order chi connectivity index (χ1) is 10.9. The highest BCUT2D eigenvalue weighted by atomic mass is 35.6. The summed E-state index contributed by atoms with van der Waals surface area (Å²) in [5.41, 5.74) is 0.517. The molecule has 1 aromatic rings. The highest BCUT2D eigenvalue weighted by molar-refractivity contribution is 6.68. The van der Waals surface area contributed by atoms with Gasteiger partial charge in [-0.1, -0.05) is 40.9 Å². The van der Waals surface area contributed by atoms with Crippen molar-refractivity contribution in [1.29, 1.82) is 0 Å². The van der Waals surface area contributed by atoms with E-state index in [2.05, 4.69) is 0 Å². The average Bonchev–Trinajstić information content (AvgIpc) is 2.63. The molecule has 1 unspecified atom stereocenters. The summed E-state index contributed by atoms with van der Waals surface area (Å²) in [6, 6.07) is 3.76. The molecule has 0 aromatic heterocycles. The van der Waals surface area contributed by atoms with Gasteiger partial charge in [-0.15, -0.1) is 0 Å². The summed E-state index contributed by atoms with van der Waals surface area (Å²) < 4.78 is 36.1. The third-order valence-corrected chi connectivity index (χ3v) is 4.48. The standard InChI is InChI=1S/C13H10Cl3F3N2O3/c14-12(15,16)10-6-20(11(22)13(17,18)19)4-3-7-5-8(21(23)24)1-2-9(7)10/h1-2,5,10H,3-4,6H2. The number of nitro groups is 1. The van der Waals surface area contributed by atoms with Crippen molar-refractivity contribution in [2.45, 2.75) is 22.3 Å². The molecule has 11 heteroatoms. The minimum Gasteiger partial charge on any atom is -0.334 e. The summed E-state index contributed by atoms with van der Waals surface area (Å²) in [6.45, 7) is -0.747. The first-order valence-corrected chi connectivity index (χ1v) is 7.74. The topological polar surface area (TPSA) is 63.5 Å². The van der Waals surface area contributed by atoms with Crippen LogP contribution in [0.4, 0.5) is 18.9 Å². The molecule has 0 N–H and O–H groups in total. The molecule has 1 aliphatic rings. The molecule has 1 heterocycles. The normalized spacial score (nSPS) is 18.8. The number of nitro benzene ring substituents is 1. The van der Waals surface area contributed by atoms with E-state index < -0.39 is 33.3 Å². The number of amides is 1. The molecule has 1 aromatic carbocycles. The lowest BCUT2D eigenvalue weighted by atomic mass is 9.94. The van der Waals surface area contributed by atoms with Crippen molar-refractivity contribution in [3.05, 3.63) is 39.4 Å². The summed E-state index contributed by atoms with van der Waals surface area (Å²) in [7, 11) is 0. The van der Waals surface area contributed by atoms with Crippen LogP contribution < -0.4 is 0 Å². The minimum absolute atomic E-state index is 0.0178. The molecule has 0 radical (unpaired) electrons. The van der Waals surface area contributed by atoms with Crippen LogP contribution in [0.2, 0.25) is 0 Å². The van der Waals surface area contributed by atoms with Gasteiger partial charge in [-0.3, -0.25) is 14.9 Å². The van der Waals surface area contributed by atoms with Crippen LogP contribution in [0.5, 0.6) is 0 Å². The maximum atomic E-state index is 12.7. The summed E-state index contributed by atoms with van der Waals surface area (Å²) in [6.07, 6.45) is -5.07. The van der Waals surface area contributed by atoms with Crippen LogP contribution in [-0.4, -0.2) is 38.8 Å².